The summed E-state index contributed by atoms with van der Waals surface area (Å²) in [6, 6.07) is 3.74. The fraction of sp³-hybridized carbons (Fsp3) is 0.462. The Balaban J connectivity index is 1.85. The second-order valence-electron chi connectivity index (χ2n) is 4.49. The predicted molar refractivity (Wildman–Crippen MR) is 63.1 cm³/mol. The molecule has 1 fully saturated rings. The number of anilines is 1. The van der Waals surface area contributed by atoms with Gasteiger partial charge in [-0.05, 0) is 30.5 Å². The van der Waals surface area contributed by atoms with Crippen molar-refractivity contribution >= 4 is 11.7 Å². The van der Waals surface area contributed by atoms with Crippen molar-refractivity contribution in [2.24, 2.45) is 5.92 Å². The zero-order valence-corrected chi connectivity index (χ0v) is 9.62. The van der Waals surface area contributed by atoms with Crippen molar-refractivity contribution in [3.8, 4) is 0 Å². The molecule has 0 atom stereocenters. The van der Waals surface area contributed by atoms with Crippen LogP contribution >= 0.6 is 0 Å². The van der Waals surface area contributed by atoms with Gasteiger partial charge in [0.05, 0.1) is 12.2 Å². The summed E-state index contributed by atoms with van der Waals surface area (Å²) < 4.78 is 18.1. The van der Waals surface area contributed by atoms with Gasteiger partial charge in [0, 0.05) is 5.69 Å². The number of ether oxygens (including phenoxy) is 1. The molecular formula is C13H16FNO2. The highest BCUT2D eigenvalue weighted by molar-refractivity contribution is 5.90. The van der Waals surface area contributed by atoms with Gasteiger partial charge in [0.2, 0.25) is 0 Å². The zero-order valence-electron chi connectivity index (χ0n) is 9.62. The maximum atomic E-state index is 13.0. The number of nitrogens with two attached hydrogens (primary N) is 1. The number of rotatable bonds is 4. The van der Waals surface area contributed by atoms with Crippen LogP contribution in [0.1, 0.15) is 36.0 Å². The van der Waals surface area contributed by atoms with Gasteiger partial charge in [-0.3, -0.25) is 0 Å². The molecule has 0 saturated heterocycles. The first-order valence-electron chi connectivity index (χ1n) is 5.88. The molecule has 0 spiro atoms. The molecule has 0 radical (unpaired) electrons. The maximum absolute atomic E-state index is 13.0. The van der Waals surface area contributed by atoms with Crippen LogP contribution in [0.3, 0.4) is 0 Å². The Labute approximate surface area is 99.8 Å². The minimum Gasteiger partial charge on any atom is -0.462 e. The zero-order chi connectivity index (χ0) is 12.3. The molecule has 0 unspecified atom stereocenters. The molecule has 17 heavy (non-hydrogen) atoms. The topological polar surface area (TPSA) is 52.3 Å². The molecule has 0 aliphatic heterocycles. The Hall–Kier alpha value is -1.58. The van der Waals surface area contributed by atoms with Gasteiger partial charge in [0.25, 0.3) is 0 Å². The summed E-state index contributed by atoms with van der Waals surface area (Å²) in [4.78, 5) is 11.6. The number of carbonyl (C=O) groups is 1. The van der Waals surface area contributed by atoms with Crippen LogP contribution in [0, 0.1) is 11.7 Å². The first-order chi connectivity index (χ1) is 8.15. The van der Waals surface area contributed by atoms with E-state index in [-0.39, 0.29) is 11.3 Å². The molecule has 4 heteroatoms. The molecule has 0 bridgehead atoms. The van der Waals surface area contributed by atoms with Gasteiger partial charge < -0.3 is 10.5 Å². The van der Waals surface area contributed by atoms with E-state index in [1.54, 1.807) is 0 Å². The number of hydrogen-bond acceptors (Lipinski definition) is 3. The molecule has 2 N–H and O–H groups in total. The average molecular weight is 237 g/mol. The number of esters is 1. The highest BCUT2D eigenvalue weighted by atomic mass is 19.1. The van der Waals surface area contributed by atoms with Crippen LogP contribution < -0.4 is 5.73 Å². The second kappa shape index (κ2) is 5.17. The van der Waals surface area contributed by atoms with Crippen molar-refractivity contribution in [3.63, 3.8) is 0 Å². The summed E-state index contributed by atoms with van der Waals surface area (Å²) in [6.45, 7) is 0.403. The fourth-order valence-corrected chi connectivity index (χ4v) is 1.91. The Bertz CT molecular complexity index is 396. The highest BCUT2D eigenvalue weighted by Gasteiger charge is 2.18. The third-order valence-electron chi connectivity index (χ3n) is 3.14. The Morgan fingerprint density at radius 1 is 1.41 bits per heavy atom. The molecule has 1 aliphatic carbocycles. The van der Waals surface area contributed by atoms with Crippen molar-refractivity contribution < 1.29 is 13.9 Å². The average Bonchev–Trinajstić information content (AvgIpc) is 2.20. The largest absolute Gasteiger partial charge is 0.462 e. The van der Waals surface area contributed by atoms with Crippen LogP contribution in [0.25, 0.3) is 0 Å². The van der Waals surface area contributed by atoms with Crippen LogP contribution in [0.4, 0.5) is 10.1 Å². The minimum absolute atomic E-state index is 0.177. The van der Waals surface area contributed by atoms with E-state index in [0.717, 1.165) is 12.5 Å². The Kier molecular flexibility index (Phi) is 3.61. The van der Waals surface area contributed by atoms with E-state index in [2.05, 4.69) is 0 Å². The van der Waals surface area contributed by atoms with Crippen LogP contribution in [0.2, 0.25) is 0 Å². The molecule has 1 aliphatic rings. The minimum atomic E-state index is -0.518. The Morgan fingerprint density at radius 2 is 2.18 bits per heavy atom. The van der Waals surface area contributed by atoms with E-state index in [9.17, 15) is 9.18 Å². The number of hydrogen-bond donors (Lipinski definition) is 1. The molecule has 1 aromatic carbocycles. The van der Waals surface area contributed by atoms with Crippen LogP contribution in [0.15, 0.2) is 18.2 Å². The van der Waals surface area contributed by atoms with Gasteiger partial charge in [-0.2, -0.15) is 0 Å². The predicted octanol–water partition coefficient (Wildman–Crippen LogP) is 2.75. The van der Waals surface area contributed by atoms with E-state index in [0.29, 0.717) is 12.5 Å². The lowest BCUT2D eigenvalue weighted by molar-refractivity contribution is 0.0464. The van der Waals surface area contributed by atoms with Gasteiger partial charge in [-0.1, -0.05) is 19.3 Å². The molecule has 0 heterocycles. The monoisotopic (exact) mass is 237 g/mol. The van der Waals surface area contributed by atoms with E-state index in [4.69, 9.17) is 10.5 Å². The standard InChI is InChI=1S/C13H16FNO2/c14-11-6-10(7-12(15)8-11)13(16)17-5-4-9-2-1-3-9/h6-9H,1-5,15H2. The van der Waals surface area contributed by atoms with Crippen LogP contribution in [0.5, 0.6) is 0 Å². The molecule has 3 nitrogen and oxygen atoms in total. The first-order valence-corrected chi connectivity index (χ1v) is 5.88. The third-order valence-corrected chi connectivity index (χ3v) is 3.14. The molecule has 2 rings (SSSR count). The lowest BCUT2D eigenvalue weighted by Gasteiger charge is -2.24. The van der Waals surface area contributed by atoms with Crippen molar-refractivity contribution in [1.82, 2.24) is 0 Å². The fourth-order valence-electron chi connectivity index (χ4n) is 1.91. The van der Waals surface area contributed by atoms with Crippen molar-refractivity contribution in [1.29, 1.82) is 0 Å². The molecule has 1 aromatic rings. The smallest absolute Gasteiger partial charge is 0.338 e. The lowest BCUT2D eigenvalue weighted by Crippen LogP contribution is -2.15. The van der Waals surface area contributed by atoms with Crippen LogP contribution in [-0.4, -0.2) is 12.6 Å². The summed E-state index contributed by atoms with van der Waals surface area (Å²) >= 11 is 0. The normalized spacial score (nSPS) is 15.4. The van der Waals surface area contributed by atoms with Gasteiger partial charge in [0.1, 0.15) is 5.82 Å². The second-order valence-corrected chi connectivity index (χ2v) is 4.49. The van der Waals surface area contributed by atoms with E-state index in [1.165, 1.54) is 31.4 Å². The summed E-state index contributed by atoms with van der Waals surface area (Å²) in [5, 5.41) is 0. The molecule has 0 amide bonds. The molecule has 1 saturated carbocycles. The summed E-state index contributed by atoms with van der Waals surface area (Å²) in [5.41, 5.74) is 5.87. The van der Waals surface area contributed by atoms with Gasteiger partial charge in [0.15, 0.2) is 0 Å². The number of halogens is 1. The summed E-state index contributed by atoms with van der Waals surface area (Å²) in [7, 11) is 0. The van der Waals surface area contributed by atoms with Crippen molar-refractivity contribution in [2.45, 2.75) is 25.7 Å². The molecular weight excluding hydrogens is 221 g/mol. The third kappa shape index (κ3) is 3.19. The quantitative estimate of drug-likeness (QED) is 0.647. The lowest BCUT2D eigenvalue weighted by atomic mass is 9.83. The van der Waals surface area contributed by atoms with Crippen LogP contribution in [-0.2, 0) is 4.74 Å². The molecule has 92 valence electrons. The summed E-state index contributed by atoms with van der Waals surface area (Å²) in [6.07, 6.45) is 4.63. The highest BCUT2D eigenvalue weighted by Crippen LogP contribution is 2.29. The maximum Gasteiger partial charge on any atom is 0.338 e. The number of benzene rings is 1. The Morgan fingerprint density at radius 3 is 2.76 bits per heavy atom. The van der Waals surface area contributed by atoms with E-state index >= 15 is 0 Å². The summed E-state index contributed by atoms with van der Waals surface area (Å²) in [5.74, 6) is -0.327. The SMILES string of the molecule is Nc1cc(F)cc(C(=O)OCCC2CCC2)c1. The molecule has 0 aromatic heterocycles. The van der Waals surface area contributed by atoms with Gasteiger partial charge in [-0.15, -0.1) is 0 Å². The number of carbonyl (C=O) groups excluding carboxylic acids is 1. The van der Waals surface area contributed by atoms with Gasteiger partial charge in [-0.25, -0.2) is 9.18 Å². The van der Waals surface area contributed by atoms with E-state index < -0.39 is 11.8 Å². The number of nitrogen functional groups attached to an aromatic ring is 1. The van der Waals surface area contributed by atoms with Crippen molar-refractivity contribution in [2.75, 3.05) is 12.3 Å². The van der Waals surface area contributed by atoms with Gasteiger partial charge >= 0.3 is 5.97 Å². The van der Waals surface area contributed by atoms with Crippen molar-refractivity contribution in [3.05, 3.63) is 29.6 Å². The van der Waals surface area contributed by atoms with E-state index in [1.807, 2.05) is 0 Å². The first kappa shape index (κ1) is 11.9.